The Kier molecular flexibility index (Phi) is 2.88. The van der Waals surface area contributed by atoms with Gasteiger partial charge in [0, 0.05) is 16.7 Å². The van der Waals surface area contributed by atoms with Crippen LogP contribution in [0.3, 0.4) is 0 Å². The number of benzene rings is 2. The second-order valence-electron chi connectivity index (χ2n) is 6.36. The molecule has 2 aromatic rings. The number of carbonyl (C=O) groups excluding carboxylic acids is 1. The highest BCUT2D eigenvalue weighted by atomic mass is 35.5. The van der Waals surface area contributed by atoms with Gasteiger partial charge in [0.15, 0.2) is 5.72 Å². The van der Waals surface area contributed by atoms with Crippen LogP contribution in [0.25, 0.3) is 0 Å². The predicted molar refractivity (Wildman–Crippen MR) is 86.6 cm³/mol. The van der Waals surface area contributed by atoms with E-state index in [-0.39, 0.29) is 6.04 Å². The van der Waals surface area contributed by atoms with Crippen LogP contribution in [0.1, 0.15) is 30.5 Å². The molecule has 0 N–H and O–H groups in total. The number of nitrogens with zero attached hydrogens (tertiary/aromatic N) is 1. The zero-order chi connectivity index (χ0) is 16.4. The first kappa shape index (κ1) is 14.6. The van der Waals surface area contributed by atoms with E-state index in [2.05, 4.69) is 0 Å². The van der Waals surface area contributed by atoms with Gasteiger partial charge in [-0.2, -0.15) is 0 Å². The first-order valence-corrected chi connectivity index (χ1v) is 8.07. The number of fused-ring (bicyclic) bond motifs is 5. The van der Waals surface area contributed by atoms with E-state index in [0.717, 1.165) is 5.56 Å². The Bertz CT molecular complexity index is 859. The van der Waals surface area contributed by atoms with Crippen molar-refractivity contribution in [2.24, 2.45) is 0 Å². The Morgan fingerprint density at radius 3 is 2.17 bits per heavy atom. The van der Waals surface area contributed by atoms with Gasteiger partial charge in [-0.1, -0.05) is 54.1 Å². The van der Waals surface area contributed by atoms with Crippen molar-refractivity contribution in [1.82, 2.24) is 0 Å². The summed E-state index contributed by atoms with van der Waals surface area (Å²) >= 11 is 6.88. The highest BCUT2D eigenvalue weighted by Crippen LogP contribution is 2.54. The van der Waals surface area contributed by atoms with Crippen LogP contribution in [0.5, 0.6) is 0 Å². The number of halogens is 1. The van der Waals surface area contributed by atoms with Crippen LogP contribution in [-0.4, -0.2) is 22.1 Å². The van der Waals surface area contributed by atoms with Crippen molar-refractivity contribution in [2.45, 2.75) is 30.5 Å². The Morgan fingerprint density at radius 1 is 1.00 bits per heavy atom. The summed E-state index contributed by atoms with van der Waals surface area (Å²) in [6.45, 7) is 3.83. The van der Waals surface area contributed by atoms with E-state index in [4.69, 9.17) is 11.6 Å². The summed E-state index contributed by atoms with van der Waals surface area (Å²) in [6, 6.07) is 16.5. The van der Waals surface area contributed by atoms with Crippen LogP contribution >= 0.6 is 11.6 Å². The van der Waals surface area contributed by atoms with Crippen molar-refractivity contribution in [3.05, 3.63) is 71.3 Å². The van der Waals surface area contributed by atoms with Crippen LogP contribution in [-0.2, 0) is 15.4 Å². The molecule has 1 heterocycles. The van der Waals surface area contributed by atoms with E-state index in [1.165, 1.54) is 0 Å². The fraction of sp³-hybridized carbons (Fsp3) is 0.263. The molecule has 0 amide bonds. The Hall–Kier alpha value is -1.97. The summed E-state index contributed by atoms with van der Waals surface area (Å²) in [4.78, 5) is 11.7. The van der Waals surface area contributed by atoms with Crippen molar-refractivity contribution in [3.63, 3.8) is 0 Å². The van der Waals surface area contributed by atoms with Crippen LogP contribution in [0.2, 0.25) is 0 Å². The maximum atomic E-state index is 13.7. The van der Waals surface area contributed by atoms with E-state index >= 15 is 0 Å². The van der Waals surface area contributed by atoms with Crippen molar-refractivity contribution in [2.75, 3.05) is 0 Å². The molecule has 1 aliphatic carbocycles. The molecule has 4 heteroatoms. The first-order valence-electron chi connectivity index (χ1n) is 7.70. The topological polar surface area (TPSA) is 43.1 Å². The zero-order valence-corrected chi connectivity index (χ0v) is 13.7. The third-order valence-corrected chi connectivity index (χ3v) is 5.31. The molecule has 2 aromatic carbocycles. The molecule has 0 fully saturated rings. The van der Waals surface area contributed by atoms with Gasteiger partial charge in [0.1, 0.15) is 6.04 Å². The second-order valence-corrected chi connectivity index (χ2v) is 6.92. The summed E-state index contributed by atoms with van der Waals surface area (Å²) < 4.78 is 1.65. The molecular weight excluding hydrogens is 310 g/mol. The van der Waals surface area contributed by atoms with Crippen LogP contribution in [0.4, 0.5) is 0 Å². The number of alkyl halides is 1. The molecule has 23 heavy (non-hydrogen) atoms. The van der Waals surface area contributed by atoms with Gasteiger partial charge < -0.3 is 5.11 Å². The number of carbonyl (C=O) groups is 1. The standard InChI is InChI=1S/C19H16ClNO2/c1-12(2)21-16(13-8-4-3-5-9-13)18(20)14-10-6-7-11-15(14)19(21,23)17(18)22/h3-12H,1-2H3/t18-,19-/m0/s1. The highest BCUT2D eigenvalue weighted by molar-refractivity contribution is 6.52. The van der Waals surface area contributed by atoms with Gasteiger partial charge >= 0.3 is 0 Å². The normalized spacial score (nSPS) is 28.7. The van der Waals surface area contributed by atoms with Crippen molar-refractivity contribution >= 4 is 23.1 Å². The molecule has 4 rings (SSSR count). The quantitative estimate of drug-likeness (QED) is 0.627. The maximum absolute atomic E-state index is 13.7. The van der Waals surface area contributed by atoms with E-state index in [1.807, 2.05) is 50.2 Å². The number of hydrogen-bond donors (Lipinski definition) is 0. The number of rotatable bonds is 2. The van der Waals surface area contributed by atoms with E-state index in [0.29, 0.717) is 16.8 Å². The number of Topliss-reactive ketones (excluding diaryl/α,β-unsaturated/α-hetero) is 1. The minimum absolute atomic E-state index is 0.138. The van der Waals surface area contributed by atoms with Gasteiger partial charge in [0.05, 0.1) is 0 Å². The summed E-state index contributed by atoms with van der Waals surface area (Å²) in [7, 11) is 0. The third kappa shape index (κ3) is 1.54. The van der Waals surface area contributed by atoms with Gasteiger partial charge in [-0.05, 0) is 26.0 Å². The van der Waals surface area contributed by atoms with Crippen LogP contribution in [0.15, 0.2) is 54.6 Å². The molecule has 3 nitrogen and oxygen atoms in total. The van der Waals surface area contributed by atoms with Crippen molar-refractivity contribution in [3.8, 4) is 0 Å². The fourth-order valence-electron chi connectivity index (χ4n) is 3.91. The van der Waals surface area contributed by atoms with Crippen molar-refractivity contribution in [1.29, 1.82) is 0 Å². The first-order chi connectivity index (χ1) is 10.9. The second kappa shape index (κ2) is 4.53. The molecule has 2 aliphatic rings. The lowest BCUT2D eigenvalue weighted by Gasteiger charge is -2.33. The molecule has 116 valence electrons. The van der Waals surface area contributed by atoms with Gasteiger partial charge in [0.2, 0.25) is 16.4 Å². The molecule has 1 aliphatic heterocycles. The Morgan fingerprint density at radius 2 is 1.57 bits per heavy atom. The highest BCUT2D eigenvalue weighted by Gasteiger charge is 2.71. The van der Waals surface area contributed by atoms with Gasteiger partial charge in [-0.15, -0.1) is 0 Å². The average Bonchev–Trinajstić information content (AvgIpc) is 2.85. The monoisotopic (exact) mass is 325 g/mol. The molecule has 0 spiro atoms. The maximum Gasteiger partial charge on any atom is 0.228 e. The minimum Gasteiger partial charge on any atom is -0.785 e. The molecule has 0 radical (unpaired) electrons. The van der Waals surface area contributed by atoms with Gasteiger partial charge in [-0.3, -0.25) is 4.79 Å². The molecule has 2 bridgehead atoms. The Balaban J connectivity index is 2.13. The largest absolute Gasteiger partial charge is 0.785 e. The fourth-order valence-corrected chi connectivity index (χ4v) is 4.40. The number of ketones is 1. The van der Waals surface area contributed by atoms with Gasteiger partial charge in [0.25, 0.3) is 0 Å². The summed E-state index contributed by atoms with van der Waals surface area (Å²) in [5.41, 5.74) is 0.577. The third-order valence-electron chi connectivity index (χ3n) is 4.75. The van der Waals surface area contributed by atoms with Crippen LogP contribution in [0, 0.1) is 0 Å². The lowest BCUT2D eigenvalue weighted by Crippen LogP contribution is -2.55. The average molecular weight is 326 g/mol. The van der Waals surface area contributed by atoms with Gasteiger partial charge in [-0.25, -0.2) is 4.58 Å². The SMILES string of the molecule is CC(C)[N+]1=C(c2ccccc2)[C@]2(Cl)C(=O)[C@@]1([O-])c1ccccc12. The molecule has 0 unspecified atom stereocenters. The molecule has 2 atom stereocenters. The lowest BCUT2D eigenvalue weighted by molar-refractivity contribution is -0.783. The molecular formula is C19H16ClNO2. The smallest absolute Gasteiger partial charge is 0.228 e. The number of hydrogen-bond acceptors (Lipinski definition) is 2. The van der Waals surface area contributed by atoms with E-state index in [1.54, 1.807) is 22.8 Å². The minimum atomic E-state index is -1.95. The lowest BCUT2D eigenvalue weighted by atomic mass is 9.89. The summed E-state index contributed by atoms with van der Waals surface area (Å²) in [6.07, 6.45) is 0. The summed E-state index contributed by atoms with van der Waals surface area (Å²) in [5.74, 6) is -0.486. The Labute approximate surface area is 139 Å². The predicted octanol–water partition coefficient (Wildman–Crippen LogP) is 2.14. The molecule has 0 saturated carbocycles. The summed E-state index contributed by atoms with van der Waals surface area (Å²) in [5, 5.41) is 13.7. The zero-order valence-electron chi connectivity index (χ0n) is 12.9. The van der Waals surface area contributed by atoms with Crippen molar-refractivity contribution < 1.29 is 14.5 Å². The molecule has 0 aromatic heterocycles. The molecule has 0 saturated heterocycles. The van der Waals surface area contributed by atoms with Crippen LogP contribution < -0.4 is 5.11 Å². The van der Waals surface area contributed by atoms with E-state index < -0.39 is 16.4 Å². The van der Waals surface area contributed by atoms with E-state index in [9.17, 15) is 9.90 Å².